The van der Waals surface area contributed by atoms with Gasteiger partial charge >= 0.3 is 0 Å². The van der Waals surface area contributed by atoms with Crippen molar-refractivity contribution in [3.63, 3.8) is 0 Å². The number of carbonyl (C=O) groups is 2. The third-order valence-corrected chi connectivity index (χ3v) is 2.18. The van der Waals surface area contributed by atoms with E-state index in [-0.39, 0.29) is 13.0 Å². The summed E-state index contributed by atoms with van der Waals surface area (Å²) in [6, 6.07) is 7.20. The second-order valence-corrected chi connectivity index (χ2v) is 3.58. The van der Waals surface area contributed by atoms with E-state index in [1.54, 1.807) is 12.1 Å². The number of nitrogens with zero attached hydrogens (tertiary/aromatic N) is 1. The molecule has 94 valence electrons. The minimum Gasteiger partial charge on any atom is -0.368 e. The molecule has 7 nitrogen and oxygen atoms in total. The van der Waals surface area contributed by atoms with Gasteiger partial charge in [0.1, 0.15) is 5.69 Å². The lowest BCUT2D eigenvalue weighted by atomic mass is 10.2. The van der Waals surface area contributed by atoms with Crippen molar-refractivity contribution in [3.8, 4) is 0 Å². The molecule has 0 radical (unpaired) electrons. The number of hydrogen-bond donors (Lipinski definition) is 2. The first-order valence-electron chi connectivity index (χ1n) is 5.19. The molecule has 0 spiro atoms. The van der Waals surface area contributed by atoms with Crippen molar-refractivity contribution in [3.05, 3.63) is 30.0 Å². The summed E-state index contributed by atoms with van der Waals surface area (Å²) in [5.41, 5.74) is 8.06. The van der Waals surface area contributed by atoms with Crippen LogP contribution in [0.15, 0.2) is 28.8 Å². The SMILES string of the molecule is NC(=O)CONC(=O)Cc1noc2ccccc12. The van der Waals surface area contributed by atoms with E-state index in [0.717, 1.165) is 5.39 Å². The van der Waals surface area contributed by atoms with Gasteiger partial charge in [0.05, 0.1) is 6.42 Å². The number of aromatic nitrogens is 1. The average Bonchev–Trinajstić information content (AvgIpc) is 2.72. The molecule has 1 aromatic heterocycles. The van der Waals surface area contributed by atoms with Crippen molar-refractivity contribution in [2.24, 2.45) is 5.73 Å². The average molecular weight is 249 g/mol. The molecule has 2 aromatic rings. The number of hydroxylamine groups is 1. The Balaban J connectivity index is 1.97. The minimum atomic E-state index is -0.665. The fraction of sp³-hybridized carbons (Fsp3) is 0.182. The van der Waals surface area contributed by atoms with E-state index in [1.807, 2.05) is 12.1 Å². The first kappa shape index (κ1) is 12.1. The number of primary amides is 1. The van der Waals surface area contributed by atoms with Crippen LogP contribution in [0, 0.1) is 0 Å². The van der Waals surface area contributed by atoms with Gasteiger partial charge in [-0.05, 0) is 12.1 Å². The van der Waals surface area contributed by atoms with Crippen molar-refractivity contribution in [2.45, 2.75) is 6.42 Å². The Morgan fingerprint density at radius 3 is 2.94 bits per heavy atom. The Morgan fingerprint density at radius 1 is 1.39 bits per heavy atom. The summed E-state index contributed by atoms with van der Waals surface area (Å²) in [6.07, 6.45) is -0.00419. The third kappa shape index (κ3) is 2.83. The molecule has 0 bridgehead atoms. The third-order valence-electron chi connectivity index (χ3n) is 2.18. The van der Waals surface area contributed by atoms with Crippen molar-refractivity contribution in [1.82, 2.24) is 10.6 Å². The molecule has 0 aliphatic rings. The van der Waals surface area contributed by atoms with E-state index in [9.17, 15) is 9.59 Å². The number of para-hydroxylation sites is 1. The fourth-order valence-corrected chi connectivity index (χ4v) is 1.44. The summed E-state index contributed by atoms with van der Waals surface area (Å²) < 4.78 is 5.05. The molecule has 7 heteroatoms. The van der Waals surface area contributed by atoms with E-state index in [2.05, 4.69) is 15.5 Å². The van der Waals surface area contributed by atoms with Gasteiger partial charge in [-0.2, -0.15) is 0 Å². The number of rotatable bonds is 5. The van der Waals surface area contributed by atoms with Crippen molar-refractivity contribution in [2.75, 3.05) is 6.61 Å². The van der Waals surface area contributed by atoms with Crippen molar-refractivity contribution >= 4 is 22.8 Å². The topological polar surface area (TPSA) is 107 Å². The summed E-state index contributed by atoms with van der Waals surface area (Å²) in [5.74, 6) is -1.10. The zero-order valence-electron chi connectivity index (χ0n) is 9.38. The van der Waals surface area contributed by atoms with Gasteiger partial charge in [-0.3, -0.25) is 14.4 Å². The Morgan fingerprint density at radius 2 is 2.17 bits per heavy atom. The van der Waals surface area contributed by atoms with E-state index in [4.69, 9.17) is 10.3 Å². The number of nitrogens with one attached hydrogen (secondary N) is 1. The van der Waals surface area contributed by atoms with E-state index in [1.165, 1.54) is 0 Å². The summed E-state index contributed by atoms with van der Waals surface area (Å²) in [6.45, 7) is -0.370. The molecule has 0 saturated carbocycles. The molecule has 0 fully saturated rings. The smallest absolute Gasteiger partial charge is 0.249 e. The summed E-state index contributed by atoms with van der Waals surface area (Å²) in [5, 5.41) is 4.56. The molecule has 0 unspecified atom stereocenters. The van der Waals surface area contributed by atoms with Gasteiger partial charge in [-0.25, -0.2) is 5.48 Å². The fourth-order valence-electron chi connectivity index (χ4n) is 1.44. The van der Waals surface area contributed by atoms with Gasteiger partial charge in [-0.1, -0.05) is 17.3 Å². The van der Waals surface area contributed by atoms with Crippen LogP contribution in [0.3, 0.4) is 0 Å². The van der Waals surface area contributed by atoms with Crippen molar-refractivity contribution < 1.29 is 18.9 Å². The van der Waals surface area contributed by atoms with E-state index < -0.39 is 11.8 Å². The van der Waals surface area contributed by atoms with Gasteiger partial charge in [-0.15, -0.1) is 0 Å². The molecule has 2 rings (SSSR count). The molecule has 0 aliphatic carbocycles. The van der Waals surface area contributed by atoms with Gasteiger partial charge in [0.25, 0.3) is 0 Å². The lowest BCUT2D eigenvalue weighted by Crippen LogP contribution is -2.30. The highest BCUT2D eigenvalue weighted by atomic mass is 16.7. The molecular formula is C11H11N3O4. The van der Waals surface area contributed by atoms with Crippen molar-refractivity contribution in [1.29, 1.82) is 0 Å². The van der Waals surface area contributed by atoms with Gasteiger partial charge in [0.15, 0.2) is 12.2 Å². The number of benzene rings is 1. The van der Waals surface area contributed by atoms with E-state index in [0.29, 0.717) is 11.3 Å². The zero-order chi connectivity index (χ0) is 13.0. The first-order valence-corrected chi connectivity index (χ1v) is 5.19. The molecule has 0 saturated heterocycles. The quantitative estimate of drug-likeness (QED) is 0.719. The summed E-state index contributed by atoms with van der Waals surface area (Å²) >= 11 is 0. The maximum atomic E-state index is 11.5. The second kappa shape index (κ2) is 5.28. The van der Waals surface area contributed by atoms with Crippen LogP contribution < -0.4 is 11.2 Å². The Hall–Kier alpha value is -2.41. The van der Waals surface area contributed by atoms with Crippen LogP contribution in [0.2, 0.25) is 0 Å². The summed E-state index contributed by atoms with van der Waals surface area (Å²) in [7, 11) is 0. The first-order chi connectivity index (χ1) is 8.66. The molecule has 2 amide bonds. The lowest BCUT2D eigenvalue weighted by molar-refractivity contribution is -0.137. The Labute approximate surface area is 102 Å². The monoisotopic (exact) mass is 249 g/mol. The standard InChI is InChI=1S/C11H11N3O4/c12-10(15)6-17-14-11(16)5-8-7-3-1-2-4-9(7)18-13-8/h1-4H,5-6H2,(H2,12,15)(H,14,16). The predicted molar refractivity (Wildman–Crippen MR) is 61.0 cm³/mol. The number of nitrogens with two attached hydrogens (primary N) is 1. The highest BCUT2D eigenvalue weighted by Gasteiger charge is 2.12. The highest BCUT2D eigenvalue weighted by Crippen LogP contribution is 2.17. The minimum absolute atomic E-state index is 0.00419. The lowest BCUT2D eigenvalue weighted by Gasteiger charge is -2.02. The molecule has 1 heterocycles. The van der Waals surface area contributed by atoms with Crippen LogP contribution >= 0.6 is 0 Å². The molecule has 0 aliphatic heterocycles. The Kier molecular flexibility index (Phi) is 3.54. The second-order valence-electron chi connectivity index (χ2n) is 3.58. The van der Waals surface area contributed by atoms with Crippen LogP contribution in [-0.2, 0) is 20.8 Å². The van der Waals surface area contributed by atoms with Gasteiger partial charge in [0, 0.05) is 5.39 Å². The van der Waals surface area contributed by atoms with Gasteiger partial charge < -0.3 is 10.3 Å². The van der Waals surface area contributed by atoms with Crippen LogP contribution in [0.25, 0.3) is 11.0 Å². The van der Waals surface area contributed by atoms with Crippen LogP contribution in [0.1, 0.15) is 5.69 Å². The molecule has 3 N–H and O–H groups in total. The number of carbonyl (C=O) groups excluding carboxylic acids is 2. The maximum absolute atomic E-state index is 11.5. The predicted octanol–water partition coefficient (Wildman–Crippen LogP) is -0.0966. The molecule has 0 atom stereocenters. The zero-order valence-corrected chi connectivity index (χ0v) is 9.38. The molecule has 18 heavy (non-hydrogen) atoms. The largest absolute Gasteiger partial charge is 0.368 e. The normalized spacial score (nSPS) is 10.4. The number of fused-ring (bicyclic) bond motifs is 1. The van der Waals surface area contributed by atoms with E-state index >= 15 is 0 Å². The maximum Gasteiger partial charge on any atom is 0.249 e. The van der Waals surface area contributed by atoms with Crippen LogP contribution in [-0.4, -0.2) is 23.6 Å². The molecule has 1 aromatic carbocycles. The Bertz CT molecular complexity index is 578. The van der Waals surface area contributed by atoms with Crippen LogP contribution in [0.5, 0.6) is 0 Å². The number of hydrogen-bond acceptors (Lipinski definition) is 5. The number of amides is 2. The molecular weight excluding hydrogens is 238 g/mol. The van der Waals surface area contributed by atoms with Gasteiger partial charge in [0.2, 0.25) is 11.8 Å². The summed E-state index contributed by atoms with van der Waals surface area (Å²) in [4.78, 5) is 26.4. The van der Waals surface area contributed by atoms with Crippen LogP contribution in [0.4, 0.5) is 0 Å². The highest BCUT2D eigenvalue weighted by molar-refractivity contribution is 5.85.